The molecule has 0 aliphatic carbocycles. The van der Waals surface area contributed by atoms with Gasteiger partial charge in [-0.15, -0.1) is 0 Å². The third-order valence-corrected chi connectivity index (χ3v) is 2.53. The molecule has 0 aromatic rings. The van der Waals surface area contributed by atoms with Crippen LogP contribution in [0.3, 0.4) is 0 Å². The van der Waals surface area contributed by atoms with Gasteiger partial charge in [0.2, 0.25) is 0 Å². The summed E-state index contributed by atoms with van der Waals surface area (Å²) in [6, 6.07) is 0. The van der Waals surface area contributed by atoms with E-state index in [2.05, 4.69) is 0 Å². The maximum absolute atomic E-state index is 12.8. The summed E-state index contributed by atoms with van der Waals surface area (Å²) in [5, 5.41) is 7.75. The predicted molar refractivity (Wildman–Crippen MR) is 42.8 cm³/mol. The van der Waals surface area contributed by atoms with Crippen LogP contribution in [-0.2, 0) is 0 Å². The molecule has 0 spiro atoms. The second-order valence-corrected chi connectivity index (χ2v) is 4.08. The Morgan fingerprint density at radius 1 is 0.565 bits per heavy atom. The molecule has 0 saturated carbocycles. The molecule has 0 bridgehead atoms. The van der Waals surface area contributed by atoms with Crippen molar-refractivity contribution in [1.29, 1.82) is 0 Å². The van der Waals surface area contributed by atoms with E-state index in [0.29, 0.717) is 0 Å². The standard InChI is InChI=1S/C8H4F14O/c9-2(10)4(13,14)6(17,18)8(21,22)7(19,20)5(15,16)3(11,12)1-23/h2,23H,1H2. The van der Waals surface area contributed by atoms with Gasteiger partial charge in [-0.25, -0.2) is 8.78 Å². The zero-order chi connectivity index (χ0) is 19.3. The van der Waals surface area contributed by atoms with Crippen LogP contribution in [0.5, 0.6) is 0 Å². The molecular weight excluding hydrogens is 378 g/mol. The Bertz CT molecular complexity index is 426. The smallest absolute Gasteiger partial charge is 0.384 e. The molecule has 0 aliphatic rings. The molecule has 23 heavy (non-hydrogen) atoms. The molecule has 0 rings (SSSR count). The van der Waals surface area contributed by atoms with Crippen molar-refractivity contribution in [3.8, 4) is 0 Å². The largest absolute Gasteiger partial charge is 0.390 e. The van der Waals surface area contributed by atoms with Crippen LogP contribution >= 0.6 is 0 Å². The second-order valence-electron chi connectivity index (χ2n) is 4.08. The maximum atomic E-state index is 12.8. The highest BCUT2D eigenvalue weighted by molar-refractivity contribution is 5.12. The van der Waals surface area contributed by atoms with E-state index in [4.69, 9.17) is 5.11 Å². The minimum absolute atomic E-state index is 3.26. The summed E-state index contributed by atoms with van der Waals surface area (Å²) < 4.78 is 175. The summed E-state index contributed by atoms with van der Waals surface area (Å²) >= 11 is 0. The summed E-state index contributed by atoms with van der Waals surface area (Å²) in [6.45, 7) is -3.26. The van der Waals surface area contributed by atoms with Gasteiger partial charge in [0.25, 0.3) is 0 Å². The molecule has 0 heterocycles. The number of hydrogen-bond acceptors (Lipinski definition) is 1. The van der Waals surface area contributed by atoms with Crippen molar-refractivity contribution < 1.29 is 66.6 Å². The summed E-state index contributed by atoms with van der Waals surface area (Å²) in [7, 11) is 0. The highest BCUT2D eigenvalue weighted by Gasteiger charge is 2.91. The fraction of sp³-hybridized carbons (Fsp3) is 1.00. The number of aliphatic hydroxyl groups excluding tert-OH is 1. The van der Waals surface area contributed by atoms with Gasteiger partial charge in [0, 0.05) is 0 Å². The van der Waals surface area contributed by atoms with Gasteiger partial charge in [-0.05, 0) is 0 Å². The summed E-state index contributed by atoms with van der Waals surface area (Å²) in [4.78, 5) is 0. The average Bonchev–Trinajstić information content (AvgIpc) is 2.37. The SMILES string of the molecule is OCC(F)(F)C(F)(F)C(F)(F)C(F)(F)C(F)(F)C(F)(F)C(F)F. The Morgan fingerprint density at radius 3 is 1.13 bits per heavy atom. The molecule has 0 amide bonds. The van der Waals surface area contributed by atoms with Gasteiger partial charge in [-0.2, -0.15) is 52.7 Å². The molecule has 15 heteroatoms. The van der Waals surface area contributed by atoms with Crippen molar-refractivity contribution in [1.82, 2.24) is 0 Å². The van der Waals surface area contributed by atoms with Gasteiger partial charge in [-0.1, -0.05) is 0 Å². The van der Waals surface area contributed by atoms with E-state index in [0.717, 1.165) is 0 Å². The minimum atomic E-state index is -8.04. The molecule has 0 unspecified atom stereocenters. The first kappa shape index (κ1) is 22.0. The predicted octanol–water partition coefficient (Wildman–Crippen LogP) is 4.06. The van der Waals surface area contributed by atoms with Crippen molar-refractivity contribution in [3.63, 3.8) is 0 Å². The molecule has 0 aromatic heterocycles. The first-order chi connectivity index (χ1) is 9.75. The van der Waals surface area contributed by atoms with Gasteiger partial charge in [0.15, 0.2) is 0 Å². The van der Waals surface area contributed by atoms with Crippen molar-refractivity contribution in [3.05, 3.63) is 0 Å². The number of aliphatic hydroxyl groups is 1. The van der Waals surface area contributed by atoms with Gasteiger partial charge < -0.3 is 5.11 Å². The number of hydrogen-bond donors (Lipinski definition) is 1. The van der Waals surface area contributed by atoms with Crippen molar-refractivity contribution in [2.24, 2.45) is 0 Å². The highest BCUT2D eigenvalue weighted by atomic mass is 19.4. The molecule has 0 fully saturated rings. The van der Waals surface area contributed by atoms with Crippen LogP contribution in [0, 0.1) is 0 Å². The highest BCUT2D eigenvalue weighted by Crippen LogP contribution is 2.60. The van der Waals surface area contributed by atoms with Crippen LogP contribution in [-0.4, -0.2) is 53.7 Å². The second kappa shape index (κ2) is 5.51. The first-order valence-electron chi connectivity index (χ1n) is 4.91. The number of alkyl halides is 14. The zero-order valence-electron chi connectivity index (χ0n) is 10.0. The van der Waals surface area contributed by atoms with Crippen molar-refractivity contribution in [2.75, 3.05) is 6.61 Å². The Labute approximate surface area is 116 Å². The molecule has 140 valence electrons. The Morgan fingerprint density at radius 2 is 0.870 bits per heavy atom. The van der Waals surface area contributed by atoms with Crippen LogP contribution in [0.2, 0.25) is 0 Å². The van der Waals surface area contributed by atoms with E-state index >= 15 is 0 Å². The van der Waals surface area contributed by atoms with Gasteiger partial charge in [0.1, 0.15) is 6.61 Å². The van der Waals surface area contributed by atoms with Gasteiger partial charge in [-0.3, -0.25) is 0 Å². The Balaban J connectivity index is 6.29. The molecular formula is C8H4F14O. The fourth-order valence-corrected chi connectivity index (χ4v) is 1.07. The van der Waals surface area contributed by atoms with Gasteiger partial charge in [0.05, 0.1) is 0 Å². The summed E-state index contributed by atoms with van der Waals surface area (Å²) in [6.07, 6.45) is -5.72. The van der Waals surface area contributed by atoms with Crippen LogP contribution in [0.4, 0.5) is 61.5 Å². The Hall–Kier alpha value is -1.02. The van der Waals surface area contributed by atoms with Gasteiger partial charge >= 0.3 is 42.0 Å². The molecule has 0 atom stereocenters. The monoisotopic (exact) mass is 382 g/mol. The lowest BCUT2D eigenvalue weighted by atomic mass is 9.91. The van der Waals surface area contributed by atoms with E-state index in [9.17, 15) is 61.5 Å². The average molecular weight is 382 g/mol. The quantitative estimate of drug-likeness (QED) is 0.659. The molecule has 1 nitrogen and oxygen atoms in total. The first-order valence-corrected chi connectivity index (χ1v) is 4.91. The van der Waals surface area contributed by atoms with E-state index in [-0.39, 0.29) is 0 Å². The van der Waals surface area contributed by atoms with Crippen LogP contribution in [0.15, 0.2) is 0 Å². The van der Waals surface area contributed by atoms with Crippen LogP contribution in [0.25, 0.3) is 0 Å². The van der Waals surface area contributed by atoms with E-state index in [1.165, 1.54) is 0 Å². The van der Waals surface area contributed by atoms with Crippen LogP contribution < -0.4 is 0 Å². The molecule has 0 radical (unpaired) electrons. The minimum Gasteiger partial charge on any atom is -0.390 e. The molecule has 1 N–H and O–H groups in total. The summed E-state index contributed by atoms with van der Waals surface area (Å²) in [5.74, 6) is -45.0. The van der Waals surface area contributed by atoms with Crippen LogP contribution in [0.1, 0.15) is 0 Å². The lowest BCUT2D eigenvalue weighted by Gasteiger charge is -2.40. The normalized spacial score (nSPS) is 16.2. The number of rotatable bonds is 7. The van der Waals surface area contributed by atoms with E-state index in [1.807, 2.05) is 0 Å². The number of halogens is 14. The molecule has 0 aliphatic heterocycles. The third-order valence-electron chi connectivity index (χ3n) is 2.53. The van der Waals surface area contributed by atoms with Crippen molar-refractivity contribution in [2.45, 2.75) is 42.0 Å². The topological polar surface area (TPSA) is 20.2 Å². The zero-order valence-corrected chi connectivity index (χ0v) is 10.0. The van der Waals surface area contributed by atoms with E-state index in [1.54, 1.807) is 0 Å². The molecule has 0 saturated heterocycles. The lowest BCUT2D eigenvalue weighted by molar-refractivity contribution is -0.434. The Kier molecular flexibility index (Phi) is 5.27. The van der Waals surface area contributed by atoms with Crippen molar-refractivity contribution >= 4 is 0 Å². The summed E-state index contributed by atoms with van der Waals surface area (Å²) in [5.41, 5.74) is 0. The maximum Gasteiger partial charge on any atom is 0.384 e. The third kappa shape index (κ3) is 2.69. The van der Waals surface area contributed by atoms with E-state index < -0.39 is 48.6 Å². The molecule has 0 aromatic carbocycles. The fourth-order valence-electron chi connectivity index (χ4n) is 1.07. The lowest BCUT2D eigenvalue weighted by Crippen LogP contribution is -2.72.